The van der Waals surface area contributed by atoms with Gasteiger partial charge in [0.1, 0.15) is 5.82 Å². The summed E-state index contributed by atoms with van der Waals surface area (Å²) in [6.07, 6.45) is 3.87. The summed E-state index contributed by atoms with van der Waals surface area (Å²) in [5.41, 5.74) is 3.67. The zero-order valence-electron chi connectivity index (χ0n) is 14.8. The SMILES string of the molecule is Cc1ccc(C=Cc2nc3ccccc3c(=O)n2-c2ccc(Br)cc2)cc1. The van der Waals surface area contributed by atoms with Gasteiger partial charge in [-0.3, -0.25) is 9.36 Å². The molecule has 0 unspecified atom stereocenters. The Bertz CT molecular complexity index is 1190. The molecule has 1 aromatic heterocycles. The molecular formula is C23H17BrN2O. The van der Waals surface area contributed by atoms with E-state index in [2.05, 4.69) is 47.1 Å². The summed E-state index contributed by atoms with van der Waals surface area (Å²) >= 11 is 3.44. The fourth-order valence-corrected chi connectivity index (χ4v) is 3.21. The second-order valence-corrected chi connectivity index (χ2v) is 7.26. The predicted molar refractivity (Wildman–Crippen MR) is 115 cm³/mol. The molecule has 4 rings (SSSR count). The fourth-order valence-electron chi connectivity index (χ4n) is 2.95. The average molecular weight is 417 g/mol. The van der Waals surface area contributed by atoms with Crippen LogP contribution in [0.4, 0.5) is 0 Å². The van der Waals surface area contributed by atoms with Gasteiger partial charge in [0.15, 0.2) is 0 Å². The van der Waals surface area contributed by atoms with E-state index in [0.29, 0.717) is 16.7 Å². The van der Waals surface area contributed by atoms with Crippen molar-refractivity contribution in [1.29, 1.82) is 0 Å². The summed E-state index contributed by atoms with van der Waals surface area (Å²) in [4.78, 5) is 17.9. The number of rotatable bonds is 3. The molecule has 0 saturated heterocycles. The molecule has 4 aromatic rings. The second-order valence-electron chi connectivity index (χ2n) is 6.35. The van der Waals surface area contributed by atoms with Crippen molar-refractivity contribution in [2.45, 2.75) is 6.92 Å². The number of hydrogen-bond donors (Lipinski definition) is 0. The molecule has 0 radical (unpaired) electrons. The smallest absolute Gasteiger partial charge is 0.266 e. The number of aromatic nitrogens is 2. The number of aryl methyl sites for hydroxylation is 1. The number of fused-ring (bicyclic) bond motifs is 1. The molecule has 0 amide bonds. The largest absolute Gasteiger partial charge is 0.268 e. The number of halogens is 1. The molecule has 0 aliphatic carbocycles. The first-order valence-corrected chi connectivity index (χ1v) is 9.43. The Labute approximate surface area is 165 Å². The molecule has 4 heteroatoms. The summed E-state index contributed by atoms with van der Waals surface area (Å²) in [7, 11) is 0. The van der Waals surface area contributed by atoms with Crippen LogP contribution in [0.3, 0.4) is 0 Å². The first-order valence-electron chi connectivity index (χ1n) is 8.64. The minimum absolute atomic E-state index is 0.0773. The Hall–Kier alpha value is -2.98. The molecule has 27 heavy (non-hydrogen) atoms. The van der Waals surface area contributed by atoms with E-state index in [1.165, 1.54) is 5.56 Å². The summed E-state index contributed by atoms with van der Waals surface area (Å²) in [5, 5.41) is 0.605. The Morgan fingerprint density at radius 2 is 1.59 bits per heavy atom. The van der Waals surface area contributed by atoms with E-state index in [4.69, 9.17) is 4.98 Å². The first-order chi connectivity index (χ1) is 13.1. The van der Waals surface area contributed by atoms with Crippen LogP contribution in [-0.4, -0.2) is 9.55 Å². The van der Waals surface area contributed by atoms with E-state index >= 15 is 0 Å². The zero-order chi connectivity index (χ0) is 18.8. The summed E-state index contributed by atoms with van der Waals surface area (Å²) in [6, 6.07) is 23.3. The Balaban J connectivity index is 1.92. The first kappa shape index (κ1) is 17.4. The van der Waals surface area contributed by atoms with Crippen molar-refractivity contribution in [3.63, 3.8) is 0 Å². The summed E-state index contributed by atoms with van der Waals surface area (Å²) in [5.74, 6) is 0.599. The van der Waals surface area contributed by atoms with Crippen LogP contribution in [0.15, 0.2) is 82.1 Å². The normalized spacial score (nSPS) is 11.3. The lowest BCUT2D eigenvalue weighted by Crippen LogP contribution is -2.22. The minimum atomic E-state index is -0.0773. The Morgan fingerprint density at radius 1 is 0.889 bits per heavy atom. The highest BCUT2D eigenvalue weighted by atomic mass is 79.9. The van der Waals surface area contributed by atoms with Gasteiger partial charge >= 0.3 is 0 Å². The molecule has 132 valence electrons. The number of nitrogens with zero attached hydrogens (tertiary/aromatic N) is 2. The molecule has 0 fully saturated rings. The highest BCUT2D eigenvalue weighted by molar-refractivity contribution is 9.10. The van der Waals surface area contributed by atoms with Gasteiger partial charge in [0.2, 0.25) is 0 Å². The molecule has 0 atom stereocenters. The van der Waals surface area contributed by atoms with Crippen LogP contribution in [0.2, 0.25) is 0 Å². The number of para-hydroxylation sites is 1. The van der Waals surface area contributed by atoms with Crippen molar-refractivity contribution in [3.05, 3.63) is 105 Å². The van der Waals surface area contributed by atoms with Crippen LogP contribution >= 0.6 is 15.9 Å². The van der Waals surface area contributed by atoms with Crippen LogP contribution in [0.5, 0.6) is 0 Å². The molecule has 0 aliphatic rings. The van der Waals surface area contributed by atoms with Crippen molar-refractivity contribution in [1.82, 2.24) is 9.55 Å². The zero-order valence-corrected chi connectivity index (χ0v) is 16.3. The van der Waals surface area contributed by atoms with Crippen LogP contribution in [0, 0.1) is 6.92 Å². The van der Waals surface area contributed by atoms with Crippen molar-refractivity contribution >= 4 is 39.0 Å². The third-order valence-corrected chi connectivity index (χ3v) is 4.92. The molecule has 0 N–H and O–H groups in total. The summed E-state index contributed by atoms with van der Waals surface area (Å²) in [6.45, 7) is 2.06. The maximum Gasteiger partial charge on any atom is 0.266 e. The van der Waals surface area contributed by atoms with Gasteiger partial charge < -0.3 is 0 Å². The Kier molecular flexibility index (Phi) is 4.73. The van der Waals surface area contributed by atoms with E-state index in [9.17, 15) is 4.79 Å². The molecule has 0 spiro atoms. The Morgan fingerprint density at radius 3 is 2.33 bits per heavy atom. The van der Waals surface area contributed by atoms with E-state index < -0.39 is 0 Å². The maximum atomic E-state index is 13.2. The van der Waals surface area contributed by atoms with Crippen LogP contribution in [-0.2, 0) is 0 Å². The molecule has 0 aliphatic heterocycles. The standard InChI is InChI=1S/C23H17BrN2O/c1-16-6-8-17(9-7-16)10-15-22-25-21-5-3-2-4-20(21)23(27)26(22)19-13-11-18(24)12-14-19/h2-15H,1H3. The van der Waals surface area contributed by atoms with Crippen molar-refractivity contribution in [2.75, 3.05) is 0 Å². The van der Waals surface area contributed by atoms with Crippen molar-refractivity contribution in [3.8, 4) is 5.69 Å². The molecule has 1 heterocycles. The van der Waals surface area contributed by atoms with Gasteiger partial charge in [0.05, 0.1) is 16.6 Å². The predicted octanol–water partition coefficient (Wildman–Crippen LogP) is 5.63. The highest BCUT2D eigenvalue weighted by Gasteiger charge is 2.10. The maximum absolute atomic E-state index is 13.2. The van der Waals surface area contributed by atoms with Gasteiger partial charge in [-0.05, 0) is 55.0 Å². The minimum Gasteiger partial charge on any atom is -0.268 e. The molecular weight excluding hydrogens is 400 g/mol. The molecule has 3 aromatic carbocycles. The third-order valence-electron chi connectivity index (χ3n) is 4.39. The molecule has 0 bridgehead atoms. The van der Waals surface area contributed by atoms with Crippen molar-refractivity contribution < 1.29 is 0 Å². The van der Waals surface area contributed by atoms with Crippen LogP contribution in [0.1, 0.15) is 17.0 Å². The highest BCUT2D eigenvalue weighted by Crippen LogP contribution is 2.18. The number of hydrogen-bond acceptors (Lipinski definition) is 2. The summed E-state index contributed by atoms with van der Waals surface area (Å²) < 4.78 is 2.62. The quantitative estimate of drug-likeness (QED) is 0.433. The van der Waals surface area contributed by atoms with E-state index in [0.717, 1.165) is 15.7 Å². The van der Waals surface area contributed by atoms with Gasteiger partial charge in [-0.25, -0.2) is 4.98 Å². The van der Waals surface area contributed by atoms with Gasteiger partial charge in [-0.2, -0.15) is 0 Å². The van der Waals surface area contributed by atoms with Crippen LogP contribution < -0.4 is 5.56 Å². The second kappa shape index (κ2) is 7.33. The van der Waals surface area contributed by atoms with Crippen molar-refractivity contribution in [2.24, 2.45) is 0 Å². The lowest BCUT2D eigenvalue weighted by molar-refractivity contribution is 0.943. The topological polar surface area (TPSA) is 34.9 Å². The van der Waals surface area contributed by atoms with E-state index in [1.54, 1.807) is 4.57 Å². The third kappa shape index (κ3) is 3.62. The van der Waals surface area contributed by atoms with E-state index in [-0.39, 0.29) is 5.56 Å². The average Bonchev–Trinajstić information content (AvgIpc) is 2.69. The fraction of sp³-hybridized carbons (Fsp3) is 0.0435. The molecule has 3 nitrogen and oxygen atoms in total. The van der Waals surface area contributed by atoms with E-state index in [1.807, 2.05) is 60.7 Å². The van der Waals surface area contributed by atoms with Crippen LogP contribution in [0.25, 0.3) is 28.7 Å². The van der Waals surface area contributed by atoms with Gasteiger partial charge in [-0.1, -0.05) is 64.0 Å². The lowest BCUT2D eigenvalue weighted by atomic mass is 10.1. The van der Waals surface area contributed by atoms with Gasteiger partial charge in [0, 0.05) is 4.47 Å². The van der Waals surface area contributed by atoms with Gasteiger partial charge in [-0.15, -0.1) is 0 Å². The lowest BCUT2D eigenvalue weighted by Gasteiger charge is -2.11. The molecule has 0 saturated carbocycles. The monoisotopic (exact) mass is 416 g/mol. The van der Waals surface area contributed by atoms with Gasteiger partial charge in [0.25, 0.3) is 5.56 Å². The number of benzene rings is 3.